The average Bonchev–Trinajstić information content (AvgIpc) is 2.30. The molecule has 80 valence electrons. The summed E-state index contributed by atoms with van der Waals surface area (Å²) in [6.45, 7) is 4.11. The maximum absolute atomic E-state index is 9.29. The van der Waals surface area contributed by atoms with Crippen molar-refractivity contribution >= 4 is 14.9 Å². The molecule has 2 rings (SSSR count). The molecule has 0 fully saturated rings. The standard InChI is InChI=1S/C14H14OSi/c1-10-8-13(9-11(2)14(10)16-15)12-6-4-3-5-7-12/h3-9,15H,1-2H3. The number of hydrogen-bond donors (Lipinski definition) is 1. The van der Waals surface area contributed by atoms with Crippen molar-refractivity contribution in [3.8, 4) is 11.1 Å². The Morgan fingerprint density at radius 3 is 1.94 bits per heavy atom. The van der Waals surface area contributed by atoms with Gasteiger partial charge in [-0.05, 0) is 41.3 Å². The van der Waals surface area contributed by atoms with Crippen LogP contribution in [0.2, 0.25) is 0 Å². The van der Waals surface area contributed by atoms with Gasteiger partial charge in [0.15, 0.2) is 0 Å². The molecule has 0 unspecified atom stereocenters. The Morgan fingerprint density at radius 2 is 1.44 bits per heavy atom. The first-order chi connectivity index (χ1) is 7.72. The first kappa shape index (κ1) is 11.1. The summed E-state index contributed by atoms with van der Waals surface area (Å²) >= 11 is 0. The fourth-order valence-electron chi connectivity index (χ4n) is 1.94. The monoisotopic (exact) mass is 226 g/mol. The van der Waals surface area contributed by atoms with Crippen LogP contribution in [0.4, 0.5) is 0 Å². The Balaban J connectivity index is 2.53. The van der Waals surface area contributed by atoms with Gasteiger partial charge >= 0.3 is 0 Å². The van der Waals surface area contributed by atoms with Gasteiger partial charge in [0.2, 0.25) is 0 Å². The molecule has 1 nitrogen and oxygen atoms in total. The van der Waals surface area contributed by atoms with Crippen molar-refractivity contribution < 1.29 is 4.80 Å². The molecule has 16 heavy (non-hydrogen) atoms. The Morgan fingerprint density at radius 1 is 0.875 bits per heavy atom. The zero-order valence-corrected chi connectivity index (χ0v) is 10.5. The molecule has 0 atom stereocenters. The minimum absolute atomic E-state index is 0.118. The molecule has 0 aliphatic carbocycles. The van der Waals surface area contributed by atoms with Gasteiger partial charge in [0, 0.05) is 0 Å². The molecule has 0 bridgehead atoms. The molecule has 2 radical (unpaired) electrons. The fourth-order valence-corrected chi connectivity index (χ4v) is 2.43. The number of benzene rings is 2. The van der Waals surface area contributed by atoms with Crippen molar-refractivity contribution in [2.24, 2.45) is 0 Å². The van der Waals surface area contributed by atoms with E-state index in [1.165, 1.54) is 22.3 Å². The zero-order chi connectivity index (χ0) is 11.5. The largest absolute Gasteiger partial charge is 0.428 e. The highest BCUT2D eigenvalue weighted by Gasteiger charge is 2.06. The highest BCUT2D eigenvalue weighted by atomic mass is 28.2. The van der Waals surface area contributed by atoms with Crippen LogP contribution in [0.25, 0.3) is 11.1 Å². The van der Waals surface area contributed by atoms with Crippen LogP contribution < -0.4 is 5.19 Å². The number of aryl methyl sites for hydroxylation is 2. The lowest BCUT2D eigenvalue weighted by Gasteiger charge is -2.10. The average molecular weight is 226 g/mol. The van der Waals surface area contributed by atoms with Crippen LogP contribution in [0.15, 0.2) is 42.5 Å². The number of hydrogen-bond acceptors (Lipinski definition) is 1. The van der Waals surface area contributed by atoms with E-state index in [0.29, 0.717) is 0 Å². The third-order valence-electron chi connectivity index (χ3n) is 2.75. The summed E-state index contributed by atoms with van der Waals surface area (Å²) < 4.78 is 0. The Bertz CT molecular complexity index is 468. The molecule has 0 amide bonds. The van der Waals surface area contributed by atoms with E-state index >= 15 is 0 Å². The molecule has 0 spiro atoms. The Labute approximate surface area is 98.7 Å². The SMILES string of the molecule is Cc1cc(-c2ccccc2)cc(C)c1[Si]O. The molecule has 0 saturated heterocycles. The van der Waals surface area contributed by atoms with Crippen molar-refractivity contribution in [1.29, 1.82) is 0 Å². The quantitative estimate of drug-likeness (QED) is 0.778. The molecule has 0 saturated carbocycles. The second-order valence-corrected chi connectivity index (χ2v) is 4.69. The summed E-state index contributed by atoms with van der Waals surface area (Å²) in [5, 5.41) is 1.07. The van der Waals surface area contributed by atoms with Crippen LogP contribution in [0.1, 0.15) is 11.1 Å². The second-order valence-electron chi connectivity index (χ2n) is 3.96. The molecule has 0 heterocycles. The van der Waals surface area contributed by atoms with E-state index in [4.69, 9.17) is 0 Å². The summed E-state index contributed by atoms with van der Waals surface area (Å²) in [7, 11) is -0.118. The van der Waals surface area contributed by atoms with E-state index in [-0.39, 0.29) is 9.76 Å². The summed E-state index contributed by atoms with van der Waals surface area (Å²) in [4.78, 5) is 9.29. The van der Waals surface area contributed by atoms with Gasteiger partial charge in [-0.3, -0.25) is 0 Å². The van der Waals surface area contributed by atoms with Gasteiger partial charge in [-0.25, -0.2) is 0 Å². The third-order valence-corrected chi connectivity index (χ3v) is 3.76. The first-order valence-electron chi connectivity index (χ1n) is 5.29. The maximum Gasteiger partial charge on any atom is 0.265 e. The highest BCUT2D eigenvalue weighted by Crippen LogP contribution is 2.20. The van der Waals surface area contributed by atoms with Crippen molar-refractivity contribution in [2.75, 3.05) is 0 Å². The molecule has 0 aromatic heterocycles. The van der Waals surface area contributed by atoms with Crippen LogP contribution in [-0.2, 0) is 0 Å². The van der Waals surface area contributed by atoms with Gasteiger partial charge < -0.3 is 4.80 Å². The summed E-state index contributed by atoms with van der Waals surface area (Å²) in [6, 6.07) is 14.6. The van der Waals surface area contributed by atoms with Gasteiger partial charge in [-0.15, -0.1) is 0 Å². The molecule has 0 aliphatic heterocycles. The van der Waals surface area contributed by atoms with Gasteiger partial charge in [-0.2, -0.15) is 0 Å². The van der Waals surface area contributed by atoms with E-state index in [1.54, 1.807) is 0 Å². The van der Waals surface area contributed by atoms with Crippen LogP contribution in [-0.4, -0.2) is 14.6 Å². The summed E-state index contributed by atoms with van der Waals surface area (Å²) in [6.07, 6.45) is 0. The van der Waals surface area contributed by atoms with Crippen LogP contribution in [0, 0.1) is 13.8 Å². The highest BCUT2D eigenvalue weighted by molar-refractivity contribution is 6.47. The van der Waals surface area contributed by atoms with E-state index in [9.17, 15) is 4.80 Å². The van der Waals surface area contributed by atoms with Gasteiger partial charge in [0.1, 0.15) is 0 Å². The molecule has 2 aromatic rings. The van der Waals surface area contributed by atoms with Crippen molar-refractivity contribution in [3.05, 3.63) is 53.6 Å². The molecule has 1 N–H and O–H groups in total. The first-order valence-corrected chi connectivity index (χ1v) is 6.24. The van der Waals surface area contributed by atoms with Crippen molar-refractivity contribution in [2.45, 2.75) is 13.8 Å². The van der Waals surface area contributed by atoms with Gasteiger partial charge in [0.05, 0.1) is 0 Å². The Kier molecular flexibility index (Phi) is 3.22. The third kappa shape index (κ3) is 2.08. The predicted molar refractivity (Wildman–Crippen MR) is 69.0 cm³/mol. The zero-order valence-electron chi connectivity index (χ0n) is 9.49. The lowest BCUT2D eigenvalue weighted by atomic mass is 10.0. The topological polar surface area (TPSA) is 20.2 Å². The molecular weight excluding hydrogens is 212 g/mol. The Hall–Kier alpha value is -1.38. The van der Waals surface area contributed by atoms with Gasteiger partial charge in [0.25, 0.3) is 9.76 Å². The van der Waals surface area contributed by atoms with Crippen molar-refractivity contribution in [1.82, 2.24) is 0 Å². The lowest BCUT2D eigenvalue weighted by Crippen LogP contribution is -2.20. The van der Waals surface area contributed by atoms with E-state index < -0.39 is 0 Å². The molecule has 0 aliphatic rings. The normalized spacial score (nSPS) is 10.4. The lowest BCUT2D eigenvalue weighted by molar-refractivity contribution is 0.615. The summed E-state index contributed by atoms with van der Waals surface area (Å²) in [5.41, 5.74) is 4.78. The molecule has 2 aromatic carbocycles. The van der Waals surface area contributed by atoms with E-state index in [0.717, 1.165) is 5.19 Å². The number of rotatable bonds is 2. The van der Waals surface area contributed by atoms with Crippen LogP contribution in [0.3, 0.4) is 0 Å². The predicted octanol–water partition coefficient (Wildman–Crippen LogP) is 2.21. The van der Waals surface area contributed by atoms with E-state index in [1.807, 2.05) is 18.2 Å². The minimum atomic E-state index is -0.118. The van der Waals surface area contributed by atoms with Crippen molar-refractivity contribution in [3.63, 3.8) is 0 Å². The smallest absolute Gasteiger partial charge is 0.265 e. The second kappa shape index (κ2) is 4.64. The van der Waals surface area contributed by atoms with Crippen LogP contribution >= 0.6 is 0 Å². The van der Waals surface area contributed by atoms with E-state index in [2.05, 4.69) is 38.1 Å². The van der Waals surface area contributed by atoms with Gasteiger partial charge in [-0.1, -0.05) is 42.5 Å². The van der Waals surface area contributed by atoms with Crippen LogP contribution in [0.5, 0.6) is 0 Å². The molecule has 2 heteroatoms. The maximum atomic E-state index is 9.29. The summed E-state index contributed by atoms with van der Waals surface area (Å²) in [5.74, 6) is 0. The minimum Gasteiger partial charge on any atom is -0.428 e. The molecular formula is C14H14OSi. The fraction of sp³-hybridized carbons (Fsp3) is 0.143.